The Kier molecular flexibility index (Phi) is 4.52. The molecule has 0 aromatic heterocycles. The average molecular weight is 317 g/mol. The second-order valence-electron chi connectivity index (χ2n) is 6.43. The number of phenols is 1. The molecule has 124 valence electrons. The highest BCUT2D eigenvalue weighted by molar-refractivity contribution is 5.94. The predicted molar refractivity (Wildman–Crippen MR) is 85.9 cm³/mol. The molecule has 1 saturated heterocycles. The lowest BCUT2D eigenvalue weighted by Gasteiger charge is -2.36. The predicted octanol–water partition coefficient (Wildman–Crippen LogP) is 0.804. The molecule has 0 spiro atoms. The Bertz CT molecular complexity index is 579. The van der Waals surface area contributed by atoms with Crippen LogP contribution in [0.15, 0.2) is 24.3 Å². The molecule has 6 heteroatoms. The van der Waals surface area contributed by atoms with Crippen molar-refractivity contribution in [2.45, 2.75) is 25.3 Å². The molecule has 1 aliphatic carbocycles. The molecule has 1 heterocycles. The van der Waals surface area contributed by atoms with Gasteiger partial charge in [0.05, 0.1) is 0 Å². The van der Waals surface area contributed by atoms with Gasteiger partial charge in [0, 0.05) is 43.7 Å². The van der Waals surface area contributed by atoms with Gasteiger partial charge in [-0.05, 0) is 43.5 Å². The standard InChI is InChI=1S/C17H23N3O3/c18-14-4-1-13(11-14)17(23)20-9-7-19(8-10-20)16(22)12-2-5-15(21)6-3-12/h2-3,5-6,13-14,21H,1,4,7-11,18H2. The first kappa shape index (κ1) is 15.8. The fraction of sp³-hybridized carbons (Fsp3) is 0.529. The van der Waals surface area contributed by atoms with Crippen LogP contribution >= 0.6 is 0 Å². The van der Waals surface area contributed by atoms with Crippen molar-refractivity contribution in [2.24, 2.45) is 11.7 Å². The summed E-state index contributed by atoms with van der Waals surface area (Å²) in [4.78, 5) is 28.5. The number of carbonyl (C=O) groups excluding carboxylic acids is 2. The molecule has 1 aromatic rings. The van der Waals surface area contributed by atoms with Gasteiger partial charge in [0.2, 0.25) is 5.91 Å². The number of piperazine rings is 1. The van der Waals surface area contributed by atoms with Crippen LogP contribution < -0.4 is 5.73 Å². The third-order valence-electron chi connectivity index (χ3n) is 4.82. The molecule has 3 rings (SSSR count). The summed E-state index contributed by atoms with van der Waals surface area (Å²) in [5.74, 6) is 0.339. The van der Waals surface area contributed by atoms with Crippen LogP contribution in [0.25, 0.3) is 0 Å². The topological polar surface area (TPSA) is 86.9 Å². The zero-order valence-electron chi connectivity index (χ0n) is 13.1. The molecule has 2 amide bonds. The smallest absolute Gasteiger partial charge is 0.253 e. The molecule has 2 fully saturated rings. The van der Waals surface area contributed by atoms with Crippen molar-refractivity contribution in [3.05, 3.63) is 29.8 Å². The summed E-state index contributed by atoms with van der Waals surface area (Å²) in [6, 6.07) is 6.41. The molecule has 0 radical (unpaired) electrons. The van der Waals surface area contributed by atoms with Crippen molar-refractivity contribution in [1.29, 1.82) is 0 Å². The van der Waals surface area contributed by atoms with Crippen molar-refractivity contribution < 1.29 is 14.7 Å². The maximum Gasteiger partial charge on any atom is 0.253 e. The zero-order chi connectivity index (χ0) is 16.4. The Labute approximate surface area is 135 Å². The molecular formula is C17H23N3O3. The fourth-order valence-corrected chi connectivity index (χ4v) is 3.42. The van der Waals surface area contributed by atoms with E-state index in [1.807, 2.05) is 4.90 Å². The van der Waals surface area contributed by atoms with Gasteiger partial charge >= 0.3 is 0 Å². The van der Waals surface area contributed by atoms with Crippen LogP contribution in [0.4, 0.5) is 0 Å². The van der Waals surface area contributed by atoms with E-state index >= 15 is 0 Å². The number of nitrogens with zero attached hydrogens (tertiary/aromatic N) is 2. The molecule has 2 aliphatic rings. The average Bonchev–Trinajstić information content (AvgIpc) is 3.01. The lowest BCUT2D eigenvalue weighted by Crippen LogP contribution is -2.51. The summed E-state index contributed by atoms with van der Waals surface area (Å²) in [5, 5.41) is 9.29. The number of rotatable bonds is 2. The Morgan fingerprint density at radius 2 is 1.61 bits per heavy atom. The first-order valence-corrected chi connectivity index (χ1v) is 8.17. The first-order valence-electron chi connectivity index (χ1n) is 8.17. The van der Waals surface area contributed by atoms with Gasteiger partial charge in [-0.1, -0.05) is 0 Å². The number of benzene rings is 1. The van der Waals surface area contributed by atoms with Crippen LogP contribution in [0.3, 0.4) is 0 Å². The van der Waals surface area contributed by atoms with Crippen molar-refractivity contribution in [2.75, 3.05) is 26.2 Å². The Morgan fingerprint density at radius 3 is 2.17 bits per heavy atom. The molecule has 6 nitrogen and oxygen atoms in total. The number of carbonyl (C=O) groups is 2. The van der Waals surface area contributed by atoms with Gasteiger partial charge in [-0.3, -0.25) is 9.59 Å². The van der Waals surface area contributed by atoms with Crippen LogP contribution in [-0.2, 0) is 4.79 Å². The summed E-state index contributed by atoms with van der Waals surface area (Å²) in [7, 11) is 0. The van der Waals surface area contributed by atoms with E-state index in [9.17, 15) is 14.7 Å². The van der Waals surface area contributed by atoms with E-state index in [2.05, 4.69) is 0 Å². The van der Waals surface area contributed by atoms with E-state index in [4.69, 9.17) is 5.73 Å². The second-order valence-corrected chi connectivity index (χ2v) is 6.43. The number of hydrogen-bond donors (Lipinski definition) is 2. The Balaban J connectivity index is 1.54. The van der Waals surface area contributed by atoms with Gasteiger partial charge in [-0.25, -0.2) is 0 Å². The van der Waals surface area contributed by atoms with E-state index in [1.165, 1.54) is 12.1 Å². The van der Waals surface area contributed by atoms with Gasteiger partial charge in [0.25, 0.3) is 5.91 Å². The van der Waals surface area contributed by atoms with Crippen molar-refractivity contribution in [1.82, 2.24) is 9.80 Å². The van der Waals surface area contributed by atoms with Crippen LogP contribution in [0.1, 0.15) is 29.6 Å². The Hall–Kier alpha value is -2.08. The molecule has 1 aliphatic heterocycles. The number of hydrogen-bond acceptors (Lipinski definition) is 4. The first-order chi connectivity index (χ1) is 11.0. The summed E-state index contributed by atoms with van der Waals surface area (Å²) in [5.41, 5.74) is 6.45. The normalized spacial score (nSPS) is 24.7. The van der Waals surface area contributed by atoms with Gasteiger partial charge in [0.1, 0.15) is 5.75 Å². The third-order valence-corrected chi connectivity index (χ3v) is 4.82. The third kappa shape index (κ3) is 3.47. The Morgan fingerprint density at radius 1 is 1.00 bits per heavy atom. The summed E-state index contributed by atoms with van der Waals surface area (Å²) in [6.07, 6.45) is 2.59. The highest BCUT2D eigenvalue weighted by atomic mass is 16.3. The lowest BCUT2D eigenvalue weighted by molar-refractivity contribution is -0.136. The molecule has 3 N–H and O–H groups in total. The van der Waals surface area contributed by atoms with Gasteiger partial charge in [-0.15, -0.1) is 0 Å². The van der Waals surface area contributed by atoms with Crippen LogP contribution in [0.5, 0.6) is 5.75 Å². The minimum atomic E-state index is -0.0556. The van der Waals surface area contributed by atoms with Gasteiger partial charge in [0.15, 0.2) is 0 Å². The molecule has 1 saturated carbocycles. The number of nitrogens with two attached hydrogens (primary N) is 1. The maximum atomic E-state index is 12.5. The van der Waals surface area contributed by atoms with E-state index in [0.717, 1.165) is 19.3 Å². The highest BCUT2D eigenvalue weighted by Crippen LogP contribution is 2.26. The molecule has 0 bridgehead atoms. The second kappa shape index (κ2) is 6.58. The quantitative estimate of drug-likeness (QED) is 0.845. The summed E-state index contributed by atoms with van der Waals surface area (Å²) < 4.78 is 0. The lowest BCUT2D eigenvalue weighted by atomic mass is 10.1. The van der Waals surface area contributed by atoms with E-state index in [1.54, 1.807) is 17.0 Å². The highest BCUT2D eigenvalue weighted by Gasteiger charge is 2.33. The van der Waals surface area contributed by atoms with E-state index in [-0.39, 0.29) is 29.5 Å². The monoisotopic (exact) mass is 317 g/mol. The maximum absolute atomic E-state index is 12.5. The van der Waals surface area contributed by atoms with Crippen LogP contribution in [0, 0.1) is 5.92 Å². The van der Waals surface area contributed by atoms with Crippen LogP contribution in [-0.4, -0.2) is 58.9 Å². The summed E-state index contributed by atoms with van der Waals surface area (Å²) >= 11 is 0. The minimum absolute atomic E-state index is 0.0556. The largest absolute Gasteiger partial charge is 0.508 e. The van der Waals surface area contributed by atoms with Crippen molar-refractivity contribution in [3.8, 4) is 5.75 Å². The molecule has 23 heavy (non-hydrogen) atoms. The zero-order valence-corrected chi connectivity index (χ0v) is 13.1. The number of phenolic OH excluding ortho intramolecular Hbond substituents is 1. The SMILES string of the molecule is NC1CCC(C(=O)N2CCN(C(=O)c3ccc(O)cc3)CC2)C1. The molecule has 1 aromatic carbocycles. The number of amides is 2. The number of aromatic hydroxyl groups is 1. The molecule has 2 unspecified atom stereocenters. The van der Waals surface area contributed by atoms with Crippen LogP contribution in [0.2, 0.25) is 0 Å². The summed E-state index contributed by atoms with van der Waals surface area (Å²) in [6.45, 7) is 2.25. The fourth-order valence-electron chi connectivity index (χ4n) is 3.42. The molecule has 2 atom stereocenters. The van der Waals surface area contributed by atoms with Gasteiger partial charge in [-0.2, -0.15) is 0 Å². The van der Waals surface area contributed by atoms with Crippen molar-refractivity contribution >= 4 is 11.8 Å². The van der Waals surface area contributed by atoms with E-state index in [0.29, 0.717) is 31.7 Å². The van der Waals surface area contributed by atoms with Crippen molar-refractivity contribution in [3.63, 3.8) is 0 Å². The van der Waals surface area contributed by atoms with E-state index < -0.39 is 0 Å². The van der Waals surface area contributed by atoms with Gasteiger partial charge < -0.3 is 20.6 Å². The molecular weight excluding hydrogens is 294 g/mol. The minimum Gasteiger partial charge on any atom is -0.508 e.